The molecule has 1 aromatic carbocycles. The Morgan fingerprint density at radius 1 is 1.45 bits per heavy atom. The first kappa shape index (κ1) is 15.3. The van der Waals surface area contributed by atoms with Crippen LogP contribution in [0.15, 0.2) is 24.3 Å². The maximum Gasteiger partial charge on any atom is 0.234 e. The molecular formula is C15H22ClN3O. The van der Waals surface area contributed by atoms with Crippen molar-refractivity contribution in [3.05, 3.63) is 34.9 Å². The molecule has 5 heteroatoms. The van der Waals surface area contributed by atoms with Gasteiger partial charge in [0.1, 0.15) is 0 Å². The Balaban J connectivity index is 1.84. The zero-order valence-electron chi connectivity index (χ0n) is 11.8. The number of nitrogens with two attached hydrogens (primary N) is 1. The summed E-state index contributed by atoms with van der Waals surface area (Å²) in [7, 11) is 0. The second-order valence-electron chi connectivity index (χ2n) is 5.42. The number of rotatable bonds is 4. The largest absolute Gasteiger partial charge is 0.348 e. The van der Waals surface area contributed by atoms with Crippen molar-refractivity contribution in [2.24, 2.45) is 5.73 Å². The highest BCUT2D eigenvalue weighted by Gasteiger charge is 2.19. The number of carbonyl (C=O) groups is 1. The highest BCUT2D eigenvalue weighted by molar-refractivity contribution is 6.31. The molecule has 1 heterocycles. The zero-order valence-corrected chi connectivity index (χ0v) is 12.6. The van der Waals surface area contributed by atoms with E-state index < -0.39 is 0 Å². The van der Waals surface area contributed by atoms with Crippen molar-refractivity contribution < 1.29 is 4.79 Å². The Kier molecular flexibility index (Phi) is 5.40. The predicted molar refractivity (Wildman–Crippen MR) is 81.7 cm³/mol. The summed E-state index contributed by atoms with van der Waals surface area (Å²) in [5, 5.41) is 3.68. The SMILES string of the molecule is CC(NC(=O)CN1CCC(N)CC1)c1ccccc1Cl. The van der Waals surface area contributed by atoms with Gasteiger partial charge in [0, 0.05) is 24.2 Å². The lowest BCUT2D eigenvalue weighted by molar-refractivity contribution is -0.123. The smallest absolute Gasteiger partial charge is 0.234 e. The third kappa shape index (κ3) is 4.20. The molecule has 1 aliphatic heterocycles. The van der Waals surface area contributed by atoms with Gasteiger partial charge in [0.2, 0.25) is 5.91 Å². The summed E-state index contributed by atoms with van der Waals surface area (Å²) < 4.78 is 0. The molecule has 1 fully saturated rings. The van der Waals surface area contributed by atoms with E-state index in [1.54, 1.807) is 0 Å². The van der Waals surface area contributed by atoms with Crippen LogP contribution in [0.25, 0.3) is 0 Å². The molecule has 0 bridgehead atoms. The van der Waals surface area contributed by atoms with Gasteiger partial charge in [0.05, 0.1) is 12.6 Å². The molecule has 1 aliphatic rings. The van der Waals surface area contributed by atoms with Crippen LogP contribution in [-0.4, -0.2) is 36.5 Å². The number of amides is 1. The van der Waals surface area contributed by atoms with Crippen molar-refractivity contribution in [3.8, 4) is 0 Å². The van der Waals surface area contributed by atoms with E-state index in [2.05, 4.69) is 10.2 Å². The number of piperidine rings is 1. The molecule has 20 heavy (non-hydrogen) atoms. The van der Waals surface area contributed by atoms with E-state index in [1.807, 2.05) is 31.2 Å². The van der Waals surface area contributed by atoms with Crippen molar-refractivity contribution in [2.45, 2.75) is 31.8 Å². The minimum absolute atomic E-state index is 0.0351. The molecule has 1 aromatic rings. The van der Waals surface area contributed by atoms with Gasteiger partial charge in [-0.2, -0.15) is 0 Å². The summed E-state index contributed by atoms with van der Waals surface area (Å²) >= 11 is 6.13. The summed E-state index contributed by atoms with van der Waals surface area (Å²) in [5.74, 6) is 0.0351. The number of nitrogens with one attached hydrogen (secondary N) is 1. The van der Waals surface area contributed by atoms with Crippen molar-refractivity contribution in [1.29, 1.82) is 0 Å². The topological polar surface area (TPSA) is 58.4 Å². The number of halogens is 1. The lowest BCUT2D eigenvalue weighted by Crippen LogP contribution is -2.44. The van der Waals surface area contributed by atoms with Gasteiger partial charge in [0.25, 0.3) is 0 Å². The van der Waals surface area contributed by atoms with Crippen LogP contribution >= 0.6 is 11.6 Å². The highest BCUT2D eigenvalue weighted by Crippen LogP contribution is 2.22. The first-order chi connectivity index (χ1) is 9.56. The second kappa shape index (κ2) is 7.07. The third-order valence-electron chi connectivity index (χ3n) is 3.75. The molecular weight excluding hydrogens is 274 g/mol. The van der Waals surface area contributed by atoms with Gasteiger partial charge in [-0.1, -0.05) is 29.8 Å². The fraction of sp³-hybridized carbons (Fsp3) is 0.533. The monoisotopic (exact) mass is 295 g/mol. The summed E-state index contributed by atoms with van der Waals surface area (Å²) in [6, 6.07) is 7.80. The fourth-order valence-corrected chi connectivity index (χ4v) is 2.80. The minimum Gasteiger partial charge on any atom is -0.348 e. The lowest BCUT2D eigenvalue weighted by atomic mass is 10.1. The molecule has 3 N–H and O–H groups in total. The predicted octanol–water partition coefficient (Wildman–Crippen LogP) is 1.94. The van der Waals surface area contributed by atoms with E-state index in [0.717, 1.165) is 31.5 Å². The molecule has 110 valence electrons. The van der Waals surface area contributed by atoms with Gasteiger partial charge >= 0.3 is 0 Å². The maximum atomic E-state index is 12.1. The van der Waals surface area contributed by atoms with Gasteiger partial charge in [-0.15, -0.1) is 0 Å². The molecule has 0 aromatic heterocycles. The van der Waals surface area contributed by atoms with Gasteiger partial charge < -0.3 is 11.1 Å². The van der Waals surface area contributed by atoms with E-state index in [4.69, 9.17) is 17.3 Å². The number of nitrogens with zero attached hydrogens (tertiary/aromatic N) is 1. The van der Waals surface area contributed by atoms with Crippen LogP contribution in [0.4, 0.5) is 0 Å². The van der Waals surface area contributed by atoms with E-state index in [9.17, 15) is 4.79 Å². The fourth-order valence-electron chi connectivity index (χ4n) is 2.51. The summed E-state index contributed by atoms with van der Waals surface area (Å²) in [6.07, 6.45) is 1.93. The summed E-state index contributed by atoms with van der Waals surface area (Å²) in [4.78, 5) is 14.2. The molecule has 4 nitrogen and oxygen atoms in total. The number of carbonyl (C=O) groups excluding carboxylic acids is 1. The molecule has 1 unspecified atom stereocenters. The normalized spacial score (nSPS) is 18.8. The van der Waals surface area contributed by atoms with Crippen molar-refractivity contribution in [2.75, 3.05) is 19.6 Å². The van der Waals surface area contributed by atoms with Crippen molar-refractivity contribution in [1.82, 2.24) is 10.2 Å². The molecule has 1 atom stereocenters. The first-order valence-electron chi connectivity index (χ1n) is 7.08. The molecule has 0 saturated carbocycles. The molecule has 1 saturated heterocycles. The van der Waals surface area contributed by atoms with E-state index in [0.29, 0.717) is 11.6 Å². The average molecular weight is 296 g/mol. The average Bonchev–Trinajstić information content (AvgIpc) is 2.41. The molecule has 1 amide bonds. The van der Waals surface area contributed by atoms with Crippen LogP contribution in [0.1, 0.15) is 31.4 Å². The molecule has 0 radical (unpaired) electrons. The van der Waals surface area contributed by atoms with Crippen LogP contribution in [0.5, 0.6) is 0 Å². The Labute approximate surface area is 125 Å². The number of benzene rings is 1. The quantitative estimate of drug-likeness (QED) is 0.892. The van der Waals surface area contributed by atoms with Crippen molar-refractivity contribution >= 4 is 17.5 Å². The van der Waals surface area contributed by atoms with E-state index in [-0.39, 0.29) is 18.0 Å². The third-order valence-corrected chi connectivity index (χ3v) is 4.09. The Bertz CT molecular complexity index is 458. The van der Waals surface area contributed by atoms with Crippen molar-refractivity contribution in [3.63, 3.8) is 0 Å². The minimum atomic E-state index is -0.0803. The van der Waals surface area contributed by atoms with Gasteiger partial charge in [0.15, 0.2) is 0 Å². The van der Waals surface area contributed by atoms with Crippen LogP contribution < -0.4 is 11.1 Å². The van der Waals surface area contributed by atoms with Crippen LogP contribution in [0.2, 0.25) is 5.02 Å². The summed E-state index contributed by atoms with van der Waals surface area (Å²) in [6.45, 7) is 4.18. The molecule has 0 spiro atoms. The lowest BCUT2D eigenvalue weighted by Gasteiger charge is -2.29. The highest BCUT2D eigenvalue weighted by atomic mass is 35.5. The Morgan fingerprint density at radius 2 is 2.10 bits per heavy atom. The number of hydrogen-bond donors (Lipinski definition) is 2. The second-order valence-corrected chi connectivity index (χ2v) is 5.83. The van der Waals surface area contributed by atoms with Crippen LogP contribution in [0.3, 0.4) is 0 Å². The molecule has 0 aliphatic carbocycles. The molecule has 2 rings (SSSR count). The number of likely N-dealkylation sites (tertiary alicyclic amines) is 1. The Morgan fingerprint density at radius 3 is 2.75 bits per heavy atom. The van der Waals surface area contributed by atoms with Gasteiger partial charge in [-0.25, -0.2) is 0 Å². The van der Waals surface area contributed by atoms with Crippen LogP contribution in [-0.2, 0) is 4.79 Å². The van der Waals surface area contributed by atoms with E-state index >= 15 is 0 Å². The van der Waals surface area contributed by atoms with E-state index in [1.165, 1.54) is 0 Å². The standard InChI is InChI=1S/C15H22ClN3O/c1-11(13-4-2-3-5-14(13)16)18-15(20)10-19-8-6-12(17)7-9-19/h2-5,11-12H,6-10,17H2,1H3,(H,18,20). The van der Waals surface area contributed by atoms with Gasteiger partial charge in [-0.05, 0) is 31.4 Å². The summed E-state index contributed by atoms with van der Waals surface area (Å²) in [5.41, 5.74) is 6.81. The number of hydrogen-bond acceptors (Lipinski definition) is 3. The maximum absolute atomic E-state index is 12.1. The first-order valence-corrected chi connectivity index (χ1v) is 7.46. The Hall–Kier alpha value is -1.10. The van der Waals surface area contributed by atoms with Crippen LogP contribution in [0, 0.1) is 0 Å². The zero-order chi connectivity index (χ0) is 14.5. The van der Waals surface area contributed by atoms with Gasteiger partial charge in [-0.3, -0.25) is 9.69 Å².